The van der Waals surface area contributed by atoms with Gasteiger partial charge in [0, 0.05) is 18.2 Å². The van der Waals surface area contributed by atoms with Gasteiger partial charge in [-0.25, -0.2) is 9.97 Å². The average Bonchev–Trinajstić information content (AvgIpc) is 2.50. The molecule has 0 saturated carbocycles. The monoisotopic (exact) mass is 233 g/mol. The van der Waals surface area contributed by atoms with Gasteiger partial charge in [0.05, 0.1) is 12.2 Å². The molecule has 0 atom stereocenters. The van der Waals surface area contributed by atoms with Crippen molar-refractivity contribution in [1.29, 1.82) is 0 Å². The Morgan fingerprint density at radius 2 is 2.12 bits per heavy atom. The number of rotatable bonds is 2. The number of nitrogens with zero attached hydrogens (tertiary/aromatic N) is 3. The third-order valence-electron chi connectivity index (χ3n) is 3.21. The van der Waals surface area contributed by atoms with Crippen LogP contribution in [0.5, 0.6) is 0 Å². The Morgan fingerprint density at radius 3 is 2.76 bits per heavy atom. The molecule has 1 aromatic heterocycles. The summed E-state index contributed by atoms with van der Waals surface area (Å²) in [4.78, 5) is 21.9. The summed E-state index contributed by atoms with van der Waals surface area (Å²) in [7, 11) is 0. The van der Waals surface area contributed by atoms with Crippen molar-refractivity contribution in [3.05, 3.63) is 22.8 Å². The lowest BCUT2D eigenvalue weighted by Gasteiger charge is -2.15. The highest BCUT2D eigenvalue weighted by atomic mass is 16.1. The summed E-state index contributed by atoms with van der Waals surface area (Å²) in [5, 5.41) is 0. The molecule has 0 aliphatic carbocycles. The average molecular weight is 233 g/mol. The van der Waals surface area contributed by atoms with Crippen molar-refractivity contribution in [2.45, 2.75) is 46.1 Å². The summed E-state index contributed by atoms with van der Waals surface area (Å²) < 4.78 is 0. The molecule has 2 rings (SSSR count). The van der Waals surface area contributed by atoms with Gasteiger partial charge in [-0.2, -0.15) is 0 Å². The number of amides is 1. The highest BCUT2D eigenvalue weighted by Gasteiger charge is 2.18. The van der Waals surface area contributed by atoms with Crippen LogP contribution < -0.4 is 0 Å². The van der Waals surface area contributed by atoms with E-state index < -0.39 is 0 Å². The van der Waals surface area contributed by atoms with E-state index in [0.29, 0.717) is 12.5 Å². The summed E-state index contributed by atoms with van der Waals surface area (Å²) in [6.45, 7) is 7.67. The first kappa shape index (κ1) is 12.0. The minimum absolute atomic E-state index is 0.326. The maximum Gasteiger partial charge on any atom is 0.210 e. The zero-order valence-electron chi connectivity index (χ0n) is 10.7. The van der Waals surface area contributed by atoms with Gasteiger partial charge in [0.25, 0.3) is 0 Å². The molecule has 0 saturated heterocycles. The van der Waals surface area contributed by atoms with E-state index >= 15 is 0 Å². The molecule has 4 heteroatoms. The van der Waals surface area contributed by atoms with Gasteiger partial charge < -0.3 is 4.90 Å². The van der Waals surface area contributed by atoms with E-state index in [4.69, 9.17) is 0 Å². The molecule has 92 valence electrons. The Hall–Kier alpha value is -1.45. The Labute approximate surface area is 102 Å². The second-order valence-electron chi connectivity index (χ2n) is 4.93. The summed E-state index contributed by atoms with van der Waals surface area (Å²) in [5.74, 6) is 1.21. The second-order valence-corrected chi connectivity index (χ2v) is 4.93. The zero-order chi connectivity index (χ0) is 12.4. The maximum absolute atomic E-state index is 10.9. The fourth-order valence-corrected chi connectivity index (χ4v) is 2.21. The molecule has 0 radical (unpaired) electrons. The first-order valence-electron chi connectivity index (χ1n) is 6.17. The van der Waals surface area contributed by atoms with Crippen LogP contribution in [0.2, 0.25) is 0 Å². The van der Waals surface area contributed by atoms with Crippen molar-refractivity contribution in [3.8, 4) is 0 Å². The summed E-state index contributed by atoms with van der Waals surface area (Å²) >= 11 is 0. The highest BCUT2D eigenvalue weighted by Crippen LogP contribution is 2.21. The van der Waals surface area contributed by atoms with Crippen LogP contribution in [-0.4, -0.2) is 27.8 Å². The number of aromatic nitrogens is 2. The third kappa shape index (κ3) is 2.46. The lowest BCUT2D eigenvalue weighted by molar-refractivity contribution is -0.118. The van der Waals surface area contributed by atoms with Crippen LogP contribution in [0.25, 0.3) is 0 Å². The molecule has 17 heavy (non-hydrogen) atoms. The molecule has 1 aromatic rings. The highest BCUT2D eigenvalue weighted by molar-refractivity contribution is 5.48. The molecular formula is C13H19N3O. The predicted molar refractivity (Wildman–Crippen MR) is 65.7 cm³/mol. The lowest BCUT2D eigenvalue weighted by Crippen LogP contribution is -2.22. The van der Waals surface area contributed by atoms with E-state index in [-0.39, 0.29) is 0 Å². The first-order valence-corrected chi connectivity index (χ1v) is 6.17. The molecule has 0 bridgehead atoms. The Bertz CT molecular complexity index is 429. The molecule has 0 spiro atoms. The fraction of sp³-hybridized carbons (Fsp3) is 0.615. The fourth-order valence-electron chi connectivity index (χ4n) is 2.21. The smallest absolute Gasteiger partial charge is 0.210 e. The number of carbonyl (C=O) groups excluding carboxylic acids is 1. The summed E-state index contributed by atoms with van der Waals surface area (Å²) in [6, 6.07) is 0. The van der Waals surface area contributed by atoms with Crippen LogP contribution in [0.1, 0.15) is 49.0 Å². The number of hydrogen-bond acceptors (Lipinski definition) is 3. The summed E-state index contributed by atoms with van der Waals surface area (Å²) in [6.07, 6.45) is 2.89. The van der Waals surface area contributed by atoms with E-state index in [9.17, 15) is 4.79 Å². The van der Waals surface area contributed by atoms with Crippen molar-refractivity contribution in [2.24, 2.45) is 0 Å². The maximum atomic E-state index is 10.9. The standard InChI is InChI=1S/C13H19N3O/c1-9(2)13-14-10(3)11-5-4-6-16(8-17)7-12(11)15-13/h8-9H,4-7H2,1-3H3. The van der Waals surface area contributed by atoms with E-state index in [2.05, 4.69) is 23.8 Å². The van der Waals surface area contributed by atoms with Crippen LogP contribution in [0, 0.1) is 6.92 Å². The molecule has 0 fully saturated rings. The van der Waals surface area contributed by atoms with Crippen LogP contribution in [-0.2, 0) is 17.8 Å². The van der Waals surface area contributed by atoms with Crippen LogP contribution in [0.15, 0.2) is 0 Å². The SMILES string of the molecule is Cc1nc(C(C)C)nc2c1CCCN(C=O)C2. The Kier molecular flexibility index (Phi) is 3.41. The van der Waals surface area contributed by atoms with Crippen molar-refractivity contribution in [1.82, 2.24) is 14.9 Å². The summed E-state index contributed by atoms with van der Waals surface area (Å²) in [5.41, 5.74) is 3.34. The molecule has 0 unspecified atom stereocenters. The quantitative estimate of drug-likeness (QED) is 0.732. The number of hydrogen-bond donors (Lipinski definition) is 0. The molecular weight excluding hydrogens is 214 g/mol. The van der Waals surface area contributed by atoms with Gasteiger partial charge >= 0.3 is 0 Å². The largest absolute Gasteiger partial charge is 0.339 e. The van der Waals surface area contributed by atoms with Crippen LogP contribution >= 0.6 is 0 Å². The predicted octanol–water partition coefficient (Wildman–Crippen LogP) is 1.81. The molecule has 2 heterocycles. The van der Waals surface area contributed by atoms with Gasteiger partial charge in [0.1, 0.15) is 5.82 Å². The van der Waals surface area contributed by atoms with Gasteiger partial charge in [0.2, 0.25) is 6.41 Å². The van der Waals surface area contributed by atoms with Crippen LogP contribution in [0.3, 0.4) is 0 Å². The van der Waals surface area contributed by atoms with Crippen molar-refractivity contribution in [3.63, 3.8) is 0 Å². The Morgan fingerprint density at radius 1 is 1.35 bits per heavy atom. The van der Waals surface area contributed by atoms with Gasteiger partial charge in [-0.3, -0.25) is 4.79 Å². The van der Waals surface area contributed by atoms with Gasteiger partial charge in [-0.15, -0.1) is 0 Å². The molecule has 0 N–H and O–H groups in total. The zero-order valence-corrected chi connectivity index (χ0v) is 10.7. The van der Waals surface area contributed by atoms with E-state index in [1.54, 1.807) is 4.90 Å². The number of carbonyl (C=O) groups is 1. The van der Waals surface area contributed by atoms with Crippen LogP contribution in [0.4, 0.5) is 0 Å². The molecule has 1 aliphatic rings. The second kappa shape index (κ2) is 4.82. The molecule has 4 nitrogen and oxygen atoms in total. The van der Waals surface area contributed by atoms with E-state index in [0.717, 1.165) is 43.0 Å². The molecule has 1 amide bonds. The van der Waals surface area contributed by atoms with E-state index in [1.807, 2.05) is 6.92 Å². The van der Waals surface area contributed by atoms with E-state index in [1.165, 1.54) is 5.56 Å². The number of fused-ring (bicyclic) bond motifs is 1. The molecule has 1 aliphatic heterocycles. The Balaban J connectivity index is 2.43. The normalized spacial score (nSPS) is 15.6. The minimum atomic E-state index is 0.326. The van der Waals surface area contributed by atoms with Crippen molar-refractivity contribution < 1.29 is 4.79 Å². The van der Waals surface area contributed by atoms with Crippen molar-refractivity contribution >= 4 is 6.41 Å². The lowest BCUT2D eigenvalue weighted by atomic mass is 10.1. The van der Waals surface area contributed by atoms with Gasteiger partial charge in [0.15, 0.2) is 0 Å². The number of aryl methyl sites for hydroxylation is 1. The third-order valence-corrected chi connectivity index (χ3v) is 3.21. The minimum Gasteiger partial charge on any atom is -0.339 e. The van der Waals surface area contributed by atoms with Crippen molar-refractivity contribution in [2.75, 3.05) is 6.54 Å². The van der Waals surface area contributed by atoms with Gasteiger partial charge in [-0.05, 0) is 25.3 Å². The molecule has 0 aromatic carbocycles. The topological polar surface area (TPSA) is 46.1 Å². The van der Waals surface area contributed by atoms with Gasteiger partial charge in [-0.1, -0.05) is 13.8 Å². The first-order chi connectivity index (χ1) is 8.11.